The van der Waals surface area contributed by atoms with Crippen molar-refractivity contribution in [3.05, 3.63) is 53.1 Å². The van der Waals surface area contributed by atoms with Gasteiger partial charge in [0.1, 0.15) is 6.17 Å². The number of carbonyl (C=O) groups excluding carboxylic acids is 1. The zero-order chi connectivity index (χ0) is 24.6. The van der Waals surface area contributed by atoms with Crippen LogP contribution in [0, 0.1) is 11.3 Å². The van der Waals surface area contributed by atoms with E-state index in [-0.39, 0.29) is 24.1 Å². The maximum absolute atomic E-state index is 13.2. The number of hydrogen-bond donors (Lipinski definition) is 1. The monoisotopic (exact) mass is 482 g/mol. The zero-order valence-electron chi connectivity index (χ0n) is 20.4. The van der Waals surface area contributed by atoms with Crippen LogP contribution < -0.4 is 5.56 Å². The molecule has 1 saturated heterocycles. The second kappa shape index (κ2) is 9.37. The lowest BCUT2D eigenvalue weighted by Crippen LogP contribution is -2.63. The number of aliphatic hydroxyl groups is 1. The molecule has 0 bridgehead atoms. The molecule has 1 spiro atoms. The molecule has 188 valence electrons. The van der Waals surface area contributed by atoms with Crippen LogP contribution >= 0.6 is 0 Å². The number of rotatable bonds is 5. The number of nitrogens with zero attached hydrogens (tertiary/aromatic N) is 4. The highest BCUT2D eigenvalue weighted by atomic mass is 19.1. The smallest absolute Gasteiger partial charge is 0.319 e. The first kappa shape index (κ1) is 24.0. The summed E-state index contributed by atoms with van der Waals surface area (Å²) in [5.74, 6) is 0.236. The maximum atomic E-state index is 13.2. The van der Waals surface area contributed by atoms with E-state index in [0.717, 1.165) is 31.2 Å². The fourth-order valence-corrected chi connectivity index (χ4v) is 6.37. The lowest BCUT2D eigenvalue weighted by Gasteiger charge is -2.52. The molecule has 3 fully saturated rings. The van der Waals surface area contributed by atoms with E-state index in [2.05, 4.69) is 4.98 Å². The van der Waals surface area contributed by atoms with Gasteiger partial charge in [-0.15, -0.1) is 0 Å². The number of urea groups is 1. The lowest BCUT2D eigenvalue weighted by molar-refractivity contribution is -0.136. The number of hydrogen-bond acceptors (Lipinski definition) is 4. The van der Waals surface area contributed by atoms with Crippen LogP contribution in [0.15, 0.2) is 47.5 Å². The van der Waals surface area contributed by atoms with E-state index < -0.39 is 17.2 Å². The topological polar surface area (TPSA) is 78.7 Å². The first-order valence-electron chi connectivity index (χ1n) is 12.8. The van der Waals surface area contributed by atoms with Crippen molar-refractivity contribution in [2.24, 2.45) is 11.3 Å². The Morgan fingerprint density at radius 3 is 2.57 bits per heavy atom. The van der Waals surface area contributed by atoms with Crippen LogP contribution in [-0.2, 0) is 6.54 Å². The van der Waals surface area contributed by atoms with Crippen molar-refractivity contribution >= 4 is 6.03 Å². The Labute approximate surface area is 205 Å². The Bertz CT molecular complexity index is 1110. The number of carbonyl (C=O) groups is 1. The minimum atomic E-state index is -1.09. The fraction of sp³-hybridized carbons (Fsp3) is 0.593. The Morgan fingerprint density at radius 1 is 1.20 bits per heavy atom. The summed E-state index contributed by atoms with van der Waals surface area (Å²) in [6, 6.07) is 11.0. The molecule has 2 amide bonds. The first-order chi connectivity index (χ1) is 16.8. The highest BCUT2D eigenvalue weighted by Gasteiger charge is 2.56. The van der Waals surface area contributed by atoms with E-state index in [9.17, 15) is 19.1 Å². The van der Waals surface area contributed by atoms with Gasteiger partial charge in [0.15, 0.2) is 0 Å². The zero-order valence-corrected chi connectivity index (χ0v) is 20.4. The van der Waals surface area contributed by atoms with Crippen LogP contribution in [0.1, 0.15) is 44.9 Å². The van der Waals surface area contributed by atoms with Crippen LogP contribution in [-0.4, -0.2) is 68.9 Å². The molecule has 1 unspecified atom stereocenters. The Kier molecular flexibility index (Phi) is 6.42. The number of aromatic nitrogens is 2. The quantitative estimate of drug-likeness (QED) is 0.705. The standard InChI is InChI=1S/C27H35FN4O3/c1-30(16-20-13-22(28)14-20)25(34)31-12-11-27(35,26(17-31)9-5-6-10-26)18-32-19-29-23(15-24(32)33)21-7-3-2-4-8-21/h2-4,7-8,15,19-20,22,35H,5-6,9-14,16-18H2,1H3. The second-order valence-corrected chi connectivity index (χ2v) is 10.9. The molecule has 1 N–H and O–H groups in total. The average Bonchev–Trinajstić information content (AvgIpc) is 3.31. The Hall–Kier alpha value is -2.74. The first-order valence-corrected chi connectivity index (χ1v) is 12.8. The number of halogens is 1. The van der Waals surface area contributed by atoms with Crippen LogP contribution in [0.3, 0.4) is 0 Å². The summed E-state index contributed by atoms with van der Waals surface area (Å²) in [4.78, 5) is 34.2. The van der Waals surface area contributed by atoms with E-state index in [4.69, 9.17) is 0 Å². The van der Waals surface area contributed by atoms with Gasteiger partial charge in [-0.3, -0.25) is 9.36 Å². The van der Waals surface area contributed by atoms with Crippen molar-refractivity contribution in [3.63, 3.8) is 0 Å². The van der Waals surface area contributed by atoms with Gasteiger partial charge in [-0.2, -0.15) is 0 Å². The third kappa shape index (κ3) is 4.60. The van der Waals surface area contributed by atoms with E-state index in [0.29, 0.717) is 44.6 Å². The largest absolute Gasteiger partial charge is 0.387 e. The molecule has 7 nitrogen and oxygen atoms in total. The number of amides is 2. The van der Waals surface area contributed by atoms with Gasteiger partial charge in [0.2, 0.25) is 0 Å². The summed E-state index contributed by atoms with van der Waals surface area (Å²) in [6.45, 7) is 1.66. The molecule has 2 aromatic rings. The second-order valence-electron chi connectivity index (χ2n) is 10.9. The van der Waals surface area contributed by atoms with Gasteiger partial charge in [-0.05, 0) is 38.0 Å². The molecular weight excluding hydrogens is 447 g/mol. The molecule has 3 aliphatic rings. The lowest BCUT2D eigenvalue weighted by atomic mass is 9.66. The fourth-order valence-electron chi connectivity index (χ4n) is 6.37. The number of alkyl halides is 1. The van der Waals surface area contributed by atoms with Gasteiger partial charge < -0.3 is 14.9 Å². The molecule has 8 heteroatoms. The number of likely N-dealkylation sites (tertiary alicyclic amines) is 1. The summed E-state index contributed by atoms with van der Waals surface area (Å²) in [5, 5.41) is 12.0. The molecule has 1 aromatic heterocycles. The summed E-state index contributed by atoms with van der Waals surface area (Å²) < 4.78 is 14.7. The predicted molar refractivity (Wildman–Crippen MR) is 132 cm³/mol. The minimum Gasteiger partial charge on any atom is -0.387 e. The van der Waals surface area contributed by atoms with E-state index in [1.54, 1.807) is 11.9 Å². The normalized spacial score (nSPS) is 27.6. The predicted octanol–water partition coefficient (Wildman–Crippen LogP) is 3.71. The molecule has 1 atom stereocenters. The SMILES string of the molecule is CN(CC1CC(F)C1)C(=O)N1CCC(O)(Cn2cnc(-c3ccccc3)cc2=O)C2(CCCC2)C1. The summed E-state index contributed by atoms with van der Waals surface area (Å²) in [5.41, 5.74) is -0.232. The van der Waals surface area contributed by atoms with Crippen LogP contribution in [0.2, 0.25) is 0 Å². The summed E-state index contributed by atoms with van der Waals surface area (Å²) >= 11 is 0. The van der Waals surface area contributed by atoms with Crippen molar-refractivity contribution in [1.82, 2.24) is 19.4 Å². The van der Waals surface area contributed by atoms with Gasteiger partial charge >= 0.3 is 6.03 Å². The molecule has 35 heavy (non-hydrogen) atoms. The summed E-state index contributed by atoms with van der Waals surface area (Å²) in [7, 11) is 1.79. The molecule has 1 aromatic carbocycles. The maximum Gasteiger partial charge on any atom is 0.319 e. The molecular formula is C27H35FN4O3. The van der Waals surface area contributed by atoms with Crippen LogP contribution in [0.4, 0.5) is 9.18 Å². The Morgan fingerprint density at radius 2 is 1.91 bits per heavy atom. The minimum absolute atomic E-state index is 0.0494. The molecule has 1 aliphatic heterocycles. The molecule has 0 radical (unpaired) electrons. The van der Waals surface area contributed by atoms with Crippen molar-refractivity contribution in [2.45, 2.75) is 63.3 Å². The molecule has 2 heterocycles. The highest BCUT2D eigenvalue weighted by Crippen LogP contribution is 2.51. The van der Waals surface area contributed by atoms with Gasteiger partial charge in [0.05, 0.1) is 24.2 Å². The molecule has 2 saturated carbocycles. The average molecular weight is 483 g/mol. The molecule has 5 rings (SSSR count). The highest BCUT2D eigenvalue weighted by molar-refractivity contribution is 5.74. The molecule has 2 aliphatic carbocycles. The number of benzene rings is 1. The third-order valence-electron chi connectivity index (χ3n) is 8.52. The number of piperidine rings is 1. The van der Waals surface area contributed by atoms with Gasteiger partial charge in [0.25, 0.3) is 5.56 Å². The van der Waals surface area contributed by atoms with Crippen molar-refractivity contribution in [1.29, 1.82) is 0 Å². The van der Waals surface area contributed by atoms with Crippen molar-refractivity contribution in [2.75, 3.05) is 26.7 Å². The van der Waals surface area contributed by atoms with Crippen molar-refractivity contribution in [3.8, 4) is 11.3 Å². The van der Waals surface area contributed by atoms with Gasteiger partial charge in [-0.1, -0.05) is 43.2 Å². The van der Waals surface area contributed by atoms with E-state index >= 15 is 0 Å². The summed E-state index contributed by atoms with van der Waals surface area (Å²) in [6.07, 6.45) is 5.94. The van der Waals surface area contributed by atoms with Crippen molar-refractivity contribution < 1.29 is 14.3 Å². The van der Waals surface area contributed by atoms with Gasteiger partial charge in [-0.25, -0.2) is 14.2 Å². The van der Waals surface area contributed by atoms with E-state index in [1.165, 1.54) is 17.0 Å². The van der Waals surface area contributed by atoms with Crippen LogP contribution in [0.5, 0.6) is 0 Å². The van der Waals surface area contributed by atoms with E-state index in [1.807, 2.05) is 35.2 Å². The third-order valence-corrected chi connectivity index (χ3v) is 8.52. The Balaban J connectivity index is 1.31. The van der Waals surface area contributed by atoms with Crippen LogP contribution in [0.25, 0.3) is 11.3 Å². The van der Waals surface area contributed by atoms with Gasteiger partial charge in [0, 0.05) is 43.7 Å².